The molecule has 0 saturated carbocycles. The molecule has 2 aromatic rings. The highest BCUT2D eigenvalue weighted by molar-refractivity contribution is 7.62. The Bertz CT molecular complexity index is 1090. The number of hydrogen-bond donors (Lipinski definition) is 1. The maximum absolute atomic E-state index is 13.8. The smallest absolute Gasteiger partial charge is 0.346 e. The summed E-state index contributed by atoms with van der Waals surface area (Å²) in [5.74, 6) is -1.76. The molecule has 5 nitrogen and oxygen atoms in total. The third-order valence-electron chi connectivity index (χ3n) is 5.19. The summed E-state index contributed by atoms with van der Waals surface area (Å²) in [6.45, 7) is 4.20. The minimum Gasteiger partial charge on any atom is -0.346 e. The highest BCUT2D eigenvalue weighted by atomic mass is 31.2. The number of amides is 1. The maximum Gasteiger partial charge on any atom is 0.405 e. The minimum absolute atomic E-state index is 0.137. The van der Waals surface area contributed by atoms with Crippen molar-refractivity contribution in [3.63, 3.8) is 0 Å². The molecule has 0 saturated heterocycles. The van der Waals surface area contributed by atoms with Crippen LogP contribution < -0.4 is 10.6 Å². The Morgan fingerprint density at radius 3 is 2.36 bits per heavy atom. The second-order valence-electron chi connectivity index (χ2n) is 7.50. The number of benzene rings is 2. The highest BCUT2D eigenvalue weighted by Gasteiger charge is 2.41. The molecule has 178 valence electrons. The van der Waals surface area contributed by atoms with Gasteiger partial charge in [0.15, 0.2) is 0 Å². The van der Waals surface area contributed by atoms with Crippen LogP contribution in [-0.2, 0) is 18.4 Å². The maximum atomic E-state index is 13.8. The molecule has 0 radical (unpaired) electrons. The molecule has 0 aromatic heterocycles. The number of rotatable bonds is 9. The standard InChI is InChI=1S/C24H27F3NO4P/c1-4-7-10-16-13-19-21(20(14-16)33(30,31-5-2)32-6-3)17-11-8-9-12-18(17)22(19)23(29)28-15-24(25,26)27/h7-14,22H,4-6,15H2,1-3H3,(H,28,29). The SMILES string of the molecule is CCC=Cc1cc2c(c(P(=O)(OCC)OCC)c1)-c1ccccc1C2C(=O)NCC(F)(F)F. The van der Waals surface area contributed by atoms with Gasteiger partial charge in [-0.2, -0.15) is 13.2 Å². The molecule has 1 aliphatic rings. The zero-order valence-electron chi connectivity index (χ0n) is 18.7. The normalized spacial score (nSPS) is 15.5. The molecule has 1 unspecified atom stereocenters. The number of carbonyl (C=O) groups excluding carboxylic acids is 1. The third kappa shape index (κ3) is 5.40. The van der Waals surface area contributed by atoms with E-state index in [1.54, 1.807) is 50.2 Å². The van der Waals surface area contributed by atoms with Gasteiger partial charge in [-0.05, 0) is 54.7 Å². The molecular formula is C24H27F3NO4P. The van der Waals surface area contributed by atoms with E-state index in [9.17, 15) is 22.5 Å². The fourth-order valence-electron chi connectivity index (χ4n) is 3.99. The lowest BCUT2D eigenvalue weighted by molar-refractivity contribution is -0.138. The fourth-order valence-corrected chi connectivity index (χ4v) is 5.85. The lowest BCUT2D eigenvalue weighted by atomic mass is 9.94. The fraction of sp³-hybridized carbons (Fsp3) is 0.375. The van der Waals surface area contributed by atoms with Crippen molar-refractivity contribution in [3.05, 3.63) is 59.2 Å². The highest BCUT2D eigenvalue weighted by Crippen LogP contribution is 2.54. The van der Waals surface area contributed by atoms with E-state index in [2.05, 4.69) is 0 Å². The average Bonchev–Trinajstić information content (AvgIpc) is 3.09. The van der Waals surface area contributed by atoms with Crippen LogP contribution in [-0.4, -0.2) is 31.8 Å². The largest absolute Gasteiger partial charge is 0.405 e. The molecule has 2 aromatic carbocycles. The van der Waals surface area contributed by atoms with Gasteiger partial charge >= 0.3 is 13.8 Å². The van der Waals surface area contributed by atoms with Gasteiger partial charge in [-0.15, -0.1) is 0 Å². The number of halogens is 3. The van der Waals surface area contributed by atoms with Gasteiger partial charge in [0, 0.05) is 5.56 Å². The first-order valence-corrected chi connectivity index (χ1v) is 12.4. The van der Waals surface area contributed by atoms with Crippen molar-refractivity contribution in [1.82, 2.24) is 5.32 Å². The second kappa shape index (κ2) is 10.2. The van der Waals surface area contributed by atoms with Gasteiger partial charge in [0.1, 0.15) is 6.54 Å². The summed E-state index contributed by atoms with van der Waals surface area (Å²) >= 11 is 0. The van der Waals surface area contributed by atoms with Gasteiger partial charge in [-0.3, -0.25) is 9.36 Å². The van der Waals surface area contributed by atoms with Gasteiger partial charge in [-0.25, -0.2) is 0 Å². The predicted molar refractivity (Wildman–Crippen MR) is 123 cm³/mol. The Labute approximate surface area is 191 Å². The second-order valence-corrected chi connectivity index (χ2v) is 9.49. The molecular weight excluding hydrogens is 454 g/mol. The zero-order valence-corrected chi connectivity index (χ0v) is 19.6. The Kier molecular flexibility index (Phi) is 7.83. The van der Waals surface area contributed by atoms with Crippen molar-refractivity contribution in [1.29, 1.82) is 0 Å². The first-order valence-electron chi connectivity index (χ1n) is 10.8. The molecule has 0 spiro atoms. The van der Waals surface area contributed by atoms with E-state index >= 15 is 0 Å². The average molecular weight is 481 g/mol. The van der Waals surface area contributed by atoms with Crippen LogP contribution in [0.15, 0.2) is 42.5 Å². The van der Waals surface area contributed by atoms with Crippen LogP contribution in [0.3, 0.4) is 0 Å². The van der Waals surface area contributed by atoms with E-state index in [0.29, 0.717) is 33.1 Å². The van der Waals surface area contributed by atoms with Gasteiger partial charge in [-0.1, -0.05) is 43.3 Å². The van der Waals surface area contributed by atoms with E-state index in [0.717, 1.165) is 6.42 Å². The monoisotopic (exact) mass is 481 g/mol. The number of fused-ring (bicyclic) bond motifs is 3. The summed E-state index contributed by atoms with van der Waals surface area (Å²) in [4.78, 5) is 13.0. The summed E-state index contributed by atoms with van der Waals surface area (Å²) in [6.07, 6.45) is -0.0673. The lowest BCUT2D eigenvalue weighted by Crippen LogP contribution is -2.36. The van der Waals surface area contributed by atoms with Gasteiger partial charge in [0.25, 0.3) is 0 Å². The number of alkyl halides is 3. The van der Waals surface area contributed by atoms with Crippen LogP contribution in [0.25, 0.3) is 17.2 Å². The van der Waals surface area contributed by atoms with E-state index in [1.165, 1.54) is 0 Å². The summed E-state index contributed by atoms with van der Waals surface area (Å²) in [6, 6.07) is 10.4. The van der Waals surface area contributed by atoms with Crippen molar-refractivity contribution >= 4 is 24.9 Å². The minimum atomic E-state index is -4.53. The van der Waals surface area contributed by atoms with Crippen molar-refractivity contribution in [2.45, 2.75) is 39.3 Å². The first kappa shape index (κ1) is 25.2. The molecule has 0 aliphatic heterocycles. The molecule has 1 aliphatic carbocycles. The van der Waals surface area contributed by atoms with E-state index in [4.69, 9.17) is 9.05 Å². The molecule has 9 heteroatoms. The van der Waals surface area contributed by atoms with Gasteiger partial charge < -0.3 is 14.4 Å². The quantitative estimate of drug-likeness (QED) is 0.461. The number of carbonyl (C=O) groups is 1. The molecule has 1 amide bonds. The molecule has 0 heterocycles. The Balaban J connectivity index is 2.26. The summed E-state index contributed by atoms with van der Waals surface area (Å²) < 4.78 is 63.4. The van der Waals surface area contributed by atoms with E-state index in [1.807, 2.05) is 24.4 Å². The van der Waals surface area contributed by atoms with Gasteiger partial charge in [0.05, 0.1) is 24.4 Å². The molecule has 0 bridgehead atoms. The van der Waals surface area contributed by atoms with E-state index < -0.39 is 32.1 Å². The third-order valence-corrected chi connectivity index (χ3v) is 7.33. The van der Waals surface area contributed by atoms with Gasteiger partial charge in [0.2, 0.25) is 5.91 Å². The van der Waals surface area contributed by atoms with Crippen molar-refractivity contribution < 1.29 is 31.6 Å². The number of allylic oxidation sites excluding steroid dienone is 1. The molecule has 1 N–H and O–H groups in total. The number of hydrogen-bond acceptors (Lipinski definition) is 4. The molecule has 0 fully saturated rings. The summed E-state index contributed by atoms with van der Waals surface area (Å²) in [5, 5.41) is 2.31. The summed E-state index contributed by atoms with van der Waals surface area (Å²) in [7, 11) is -3.77. The van der Waals surface area contributed by atoms with Crippen LogP contribution in [0.5, 0.6) is 0 Å². The summed E-state index contributed by atoms with van der Waals surface area (Å²) in [5.41, 5.74) is 2.82. The molecule has 3 rings (SSSR count). The predicted octanol–water partition coefficient (Wildman–Crippen LogP) is 5.79. The number of nitrogens with one attached hydrogen (secondary N) is 1. The Morgan fingerprint density at radius 1 is 1.09 bits per heavy atom. The Morgan fingerprint density at radius 2 is 1.76 bits per heavy atom. The van der Waals surface area contributed by atoms with Crippen molar-refractivity contribution in [2.24, 2.45) is 0 Å². The molecule has 33 heavy (non-hydrogen) atoms. The van der Waals surface area contributed by atoms with Crippen LogP contribution in [0.2, 0.25) is 0 Å². The van der Waals surface area contributed by atoms with Crippen LogP contribution in [0, 0.1) is 0 Å². The molecule has 1 atom stereocenters. The van der Waals surface area contributed by atoms with Crippen molar-refractivity contribution in [3.8, 4) is 11.1 Å². The Hall–Kier alpha value is -2.41. The van der Waals surface area contributed by atoms with Crippen LogP contribution >= 0.6 is 7.60 Å². The zero-order chi connectivity index (χ0) is 24.2. The van der Waals surface area contributed by atoms with Crippen molar-refractivity contribution in [2.75, 3.05) is 19.8 Å². The van der Waals surface area contributed by atoms with Crippen LogP contribution in [0.4, 0.5) is 13.2 Å². The topological polar surface area (TPSA) is 64.6 Å². The van der Waals surface area contributed by atoms with Crippen LogP contribution in [0.1, 0.15) is 49.8 Å². The first-order chi connectivity index (χ1) is 15.6. The lowest BCUT2D eigenvalue weighted by Gasteiger charge is -2.22. The van der Waals surface area contributed by atoms with E-state index in [-0.39, 0.29) is 13.2 Å².